The molecule has 4 rings (SSSR count). The van der Waals surface area contributed by atoms with Gasteiger partial charge in [0.05, 0.1) is 6.61 Å². The highest BCUT2D eigenvalue weighted by molar-refractivity contribution is 5.94. The number of hydrogen-bond acceptors (Lipinski definition) is 5. The quantitative estimate of drug-likeness (QED) is 0.640. The first-order chi connectivity index (χ1) is 13.6. The van der Waals surface area contributed by atoms with Gasteiger partial charge in [0.2, 0.25) is 11.7 Å². The largest absolute Gasteiger partial charge is 0.460 e. The van der Waals surface area contributed by atoms with Crippen molar-refractivity contribution in [1.82, 2.24) is 0 Å². The highest BCUT2D eigenvalue weighted by Crippen LogP contribution is 2.37. The lowest BCUT2D eigenvalue weighted by atomic mass is 9.91. The fourth-order valence-corrected chi connectivity index (χ4v) is 4.00. The monoisotopic (exact) mass is 414 g/mol. The average molecular weight is 415 g/mol. The Morgan fingerprint density at radius 2 is 1.93 bits per heavy atom. The summed E-state index contributed by atoms with van der Waals surface area (Å²) in [5, 5.41) is 0.784. The van der Waals surface area contributed by atoms with Gasteiger partial charge >= 0.3 is 5.97 Å². The number of nitrogens with zero attached hydrogens (tertiary/aromatic N) is 1. The van der Waals surface area contributed by atoms with Gasteiger partial charge in [0.25, 0.3) is 0 Å². The summed E-state index contributed by atoms with van der Waals surface area (Å²) < 4.78 is 10.6. The molecule has 1 amide bonds. The molecule has 7 heteroatoms. The number of nitrogens with two attached hydrogens (primary N) is 1. The van der Waals surface area contributed by atoms with Crippen molar-refractivity contribution in [1.29, 1.82) is 0 Å². The van der Waals surface area contributed by atoms with Crippen LogP contribution in [0.15, 0.2) is 59.0 Å². The van der Waals surface area contributed by atoms with Crippen molar-refractivity contribution in [3.63, 3.8) is 0 Å². The molecular weight excluding hydrogens is 392 g/mol. The number of carbonyl (C=O) groups excluding carboxylic acids is 2. The van der Waals surface area contributed by atoms with Crippen molar-refractivity contribution in [2.75, 3.05) is 18.1 Å². The molecule has 0 spiro atoms. The SMILES string of the molecule is CCOC(=O)c1cc2cc(N3CC[C@H](c4ccccc4)[C@H]3C(N)=O)ccc2o1.Cl. The molecule has 2 atom stereocenters. The van der Waals surface area contributed by atoms with Crippen LogP contribution in [0.5, 0.6) is 0 Å². The first-order valence-electron chi connectivity index (χ1n) is 9.40. The molecule has 0 aliphatic carbocycles. The van der Waals surface area contributed by atoms with Crippen LogP contribution in [0.4, 0.5) is 5.69 Å². The number of primary amides is 1. The van der Waals surface area contributed by atoms with Gasteiger partial charge in [-0.3, -0.25) is 4.79 Å². The Morgan fingerprint density at radius 3 is 2.62 bits per heavy atom. The second-order valence-electron chi connectivity index (χ2n) is 6.90. The summed E-state index contributed by atoms with van der Waals surface area (Å²) in [6.45, 7) is 2.76. The molecule has 29 heavy (non-hydrogen) atoms. The minimum Gasteiger partial charge on any atom is -0.460 e. The summed E-state index contributed by atoms with van der Waals surface area (Å²) in [4.78, 5) is 26.2. The Labute approximate surface area is 175 Å². The van der Waals surface area contributed by atoms with Gasteiger partial charge in [-0.2, -0.15) is 0 Å². The molecule has 1 fully saturated rings. The second kappa shape index (κ2) is 8.57. The number of hydrogen-bond donors (Lipinski definition) is 1. The van der Waals surface area contributed by atoms with E-state index >= 15 is 0 Å². The highest BCUT2D eigenvalue weighted by Gasteiger charge is 2.39. The molecule has 0 bridgehead atoms. The average Bonchev–Trinajstić information content (AvgIpc) is 3.32. The molecule has 0 radical (unpaired) electrons. The van der Waals surface area contributed by atoms with Gasteiger partial charge in [-0.1, -0.05) is 30.3 Å². The third kappa shape index (κ3) is 3.93. The summed E-state index contributed by atoms with van der Waals surface area (Å²) in [7, 11) is 0. The van der Waals surface area contributed by atoms with E-state index in [9.17, 15) is 9.59 Å². The predicted octanol–water partition coefficient (Wildman–Crippen LogP) is 3.88. The number of benzene rings is 2. The molecule has 2 N–H and O–H groups in total. The minimum absolute atomic E-state index is 0. The minimum atomic E-state index is -0.486. The van der Waals surface area contributed by atoms with Crippen molar-refractivity contribution in [2.24, 2.45) is 5.73 Å². The van der Waals surface area contributed by atoms with E-state index in [2.05, 4.69) is 0 Å². The van der Waals surface area contributed by atoms with E-state index < -0.39 is 12.0 Å². The molecule has 3 aromatic rings. The maximum Gasteiger partial charge on any atom is 0.374 e. The lowest BCUT2D eigenvalue weighted by molar-refractivity contribution is -0.119. The van der Waals surface area contributed by atoms with E-state index in [1.165, 1.54) is 0 Å². The van der Waals surface area contributed by atoms with Gasteiger partial charge < -0.3 is 19.8 Å². The van der Waals surface area contributed by atoms with Crippen LogP contribution in [0.1, 0.15) is 35.4 Å². The highest BCUT2D eigenvalue weighted by atomic mass is 35.5. The van der Waals surface area contributed by atoms with Crippen molar-refractivity contribution in [3.05, 3.63) is 65.9 Å². The maximum absolute atomic E-state index is 12.3. The topological polar surface area (TPSA) is 85.8 Å². The Bertz CT molecular complexity index is 1020. The molecule has 1 aliphatic heterocycles. The second-order valence-corrected chi connectivity index (χ2v) is 6.90. The van der Waals surface area contributed by atoms with Crippen LogP contribution >= 0.6 is 12.4 Å². The van der Waals surface area contributed by atoms with Crippen LogP contribution in [0.3, 0.4) is 0 Å². The van der Waals surface area contributed by atoms with E-state index in [4.69, 9.17) is 14.9 Å². The molecule has 1 saturated heterocycles. The van der Waals surface area contributed by atoms with E-state index in [0.29, 0.717) is 5.58 Å². The fraction of sp³-hybridized carbons (Fsp3) is 0.273. The van der Waals surface area contributed by atoms with Crippen molar-refractivity contribution in [2.45, 2.75) is 25.3 Å². The Kier molecular flexibility index (Phi) is 6.13. The molecular formula is C22H23ClN2O4. The zero-order valence-electron chi connectivity index (χ0n) is 16.0. The maximum atomic E-state index is 12.3. The first-order valence-corrected chi connectivity index (χ1v) is 9.40. The van der Waals surface area contributed by atoms with E-state index in [1.54, 1.807) is 19.1 Å². The third-order valence-electron chi connectivity index (χ3n) is 5.23. The Hall–Kier alpha value is -2.99. The van der Waals surface area contributed by atoms with Gasteiger partial charge in [0, 0.05) is 23.5 Å². The van der Waals surface area contributed by atoms with Crippen molar-refractivity contribution >= 4 is 40.9 Å². The zero-order chi connectivity index (χ0) is 19.7. The van der Waals surface area contributed by atoms with Gasteiger partial charge in [-0.25, -0.2) is 4.79 Å². The number of ether oxygens (including phenoxy) is 1. The molecule has 152 valence electrons. The zero-order valence-corrected chi connectivity index (χ0v) is 16.9. The van der Waals surface area contributed by atoms with Crippen LogP contribution in [-0.2, 0) is 9.53 Å². The number of halogens is 1. The van der Waals surface area contributed by atoms with Crippen molar-refractivity contribution in [3.8, 4) is 0 Å². The Balaban J connectivity index is 0.00000240. The van der Waals surface area contributed by atoms with Gasteiger partial charge in [0.1, 0.15) is 11.6 Å². The van der Waals surface area contributed by atoms with Gasteiger partial charge in [0.15, 0.2) is 0 Å². The summed E-state index contributed by atoms with van der Waals surface area (Å²) in [6, 6.07) is 16.9. The Morgan fingerprint density at radius 1 is 1.17 bits per heavy atom. The number of anilines is 1. The van der Waals surface area contributed by atoms with E-state index in [-0.39, 0.29) is 36.6 Å². The summed E-state index contributed by atoms with van der Waals surface area (Å²) in [5.74, 6) is -0.607. The van der Waals surface area contributed by atoms with Crippen LogP contribution in [-0.4, -0.2) is 31.1 Å². The normalized spacial score (nSPS) is 18.4. The van der Waals surface area contributed by atoms with Gasteiger partial charge in [-0.05, 0) is 43.2 Å². The van der Waals surface area contributed by atoms with E-state index in [1.807, 2.05) is 47.4 Å². The predicted molar refractivity (Wildman–Crippen MR) is 114 cm³/mol. The molecule has 0 saturated carbocycles. The molecule has 0 unspecified atom stereocenters. The van der Waals surface area contributed by atoms with Crippen LogP contribution in [0, 0.1) is 0 Å². The van der Waals surface area contributed by atoms with Crippen LogP contribution in [0.25, 0.3) is 11.0 Å². The number of esters is 1. The summed E-state index contributed by atoms with van der Waals surface area (Å²) in [5.41, 5.74) is 8.38. The number of fused-ring (bicyclic) bond motifs is 1. The molecule has 2 aromatic carbocycles. The van der Waals surface area contributed by atoms with Crippen molar-refractivity contribution < 1.29 is 18.7 Å². The molecule has 2 heterocycles. The third-order valence-corrected chi connectivity index (χ3v) is 5.23. The molecule has 6 nitrogen and oxygen atoms in total. The molecule has 1 aliphatic rings. The fourth-order valence-electron chi connectivity index (χ4n) is 4.00. The number of rotatable bonds is 5. The summed E-state index contributed by atoms with van der Waals surface area (Å²) >= 11 is 0. The lowest BCUT2D eigenvalue weighted by Gasteiger charge is -2.27. The lowest BCUT2D eigenvalue weighted by Crippen LogP contribution is -2.43. The van der Waals surface area contributed by atoms with Crippen LogP contribution < -0.4 is 10.6 Å². The van der Waals surface area contributed by atoms with Gasteiger partial charge in [-0.15, -0.1) is 12.4 Å². The standard InChI is InChI=1S/C22H22N2O4.ClH/c1-2-27-22(26)19-13-15-12-16(8-9-18(15)28-19)24-11-10-17(20(24)21(23)25)14-6-4-3-5-7-14;/h3-9,12-13,17,20H,2,10-11H2,1H3,(H2,23,25);1H/t17-,20+;/m1./s1. The number of carbonyl (C=O) groups is 2. The van der Waals surface area contributed by atoms with Crippen LogP contribution in [0.2, 0.25) is 0 Å². The number of furan rings is 1. The number of amides is 1. The summed E-state index contributed by atoms with van der Waals surface area (Å²) in [6.07, 6.45) is 0.842. The van der Waals surface area contributed by atoms with E-state index in [0.717, 1.165) is 29.6 Å². The molecule has 1 aromatic heterocycles. The smallest absolute Gasteiger partial charge is 0.374 e. The first kappa shape index (κ1) is 20.7.